The Labute approximate surface area is 49.3 Å². The van der Waals surface area contributed by atoms with Crippen molar-refractivity contribution >= 4 is 7.91 Å². The third-order valence-electron chi connectivity index (χ3n) is 0. The molecule has 0 unspecified atom stereocenters. The molecule has 3 nitrogen and oxygen atoms in total. The molecule has 0 aromatic rings. The van der Waals surface area contributed by atoms with Gasteiger partial charge in [0.15, 0.2) is 0 Å². The first-order chi connectivity index (χ1) is 2.00. The summed E-state index contributed by atoms with van der Waals surface area (Å²) in [6.07, 6.45) is 0. The van der Waals surface area contributed by atoms with E-state index in [0.29, 0.717) is 0 Å². The summed E-state index contributed by atoms with van der Waals surface area (Å²) < 4.78 is 19.0. The second-order valence-corrected chi connectivity index (χ2v) is 1.42. The van der Waals surface area contributed by atoms with Gasteiger partial charge in [-0.3, -0.25) is 9.79 Å². The molecule has 43 valence electrons. The van der Waals surface area contributed by atoms with Gasteiger partial charge in [-0.1, -0.05) is 0 Å². The van der Waals surface area contributed by atoms with Gasteiger partial charge in [-0.25, -0.2) is 4.57 Å². The van der Waals surface area contributed by atoms with Gasteiger partial charge in [-0.05, 0) is 0 Å². The van der Waals surface area contributed by atoms with Crippen molar-refractivity contribution in [1.82, 2.24) is 0 Å². The van der Waals surface area contributed by atoms with Crippen LogP contribution in [0.5, 0.6) is 0 Å². The number of halogens is 1. The molecule has 6 heavy (non-hydrogen) atoms. The van der Waals surface area contributed by atoms with Gasteiger partial charge in [-0.2, -0.15) is 0 Å². The summed E-state index contributed by atoms with van der Waals surface area (Å²) in [7, 11) is -5.14. The molecule has 0 aliphatic rings. The van der Waals surface area contributed by atoms with Crippen LogP contribution in [-0.2, 0) is 26.9 Å². The number of hydrogen-bond acceptors (Lipinski definition) is 1. The largest absolute Gasteiger partial charge is 0.507 e. The van der Waals surface area contributed by atoms with Gasteiger partial charge in [0.1, 0.15) is 0 Å². The summed E-state index contributed by atoms with van der Waals surface area (Å²) >= 11 is 0. The Bertz CT molecular complexity index is 56.9. The zero-order chi connectivity index (χ0) is 4.50. The molecule has 2 N–H and O–H groups in total. The molecule has 0 rings (SSSR count). The van der Waals surface area contributed by atoms with E-state index in [1.807, 2.05) is 0 Å². The minimum Gasteiger partial charge on any atom is -0.299 e. The minimum absolute atomic E-state index is 0. The van der Waals surface area contributed by atoms with E-state index in [1.54, 1.807) is 0 Å². The van der Waals surface area contributed by atoms with Crippen LogP contribution in [-0.4, -0.2) is 9.79 Å². The molecule has 0 heterocycles. The van der Waals surface area contributed by atoms with Crippen LogP contribution in [0.15, 0.2) is 0 Å². The molecule has 0 fully saturated rings. The maximum absolute atomic E-state index is 10.4. The first-order valence-corrected chi connectivity index (χ1v) is 2.25. The van der Waals surface area contributed by atoms with Crippen LogP contribution in [0.3, 0.4) is 0 Å². The molecule has 0 amide bonds. The van der Waals surface area contributed by atoms with Gasteiger partial charge >= 0.3 is 7.91 Å². The summed E-state index contributed by atoms with van der Waals surface area (Å²) in [5.41, 5.74) is 0. The Morgan fingerprint density at radius 1 is 1.50 bits per heavy atom. The molecular formula is H2AgFO3P. The van der Waals surface area contributed by atoms with Crippen molar-refractivity contribution < 1.29 is 40.9 Å². The van der Waals surface area contributed by atoms with Crippen LogP contribution in [0.1, 0.15) is 0 Å². The van der Waals surface area contributed by atoms with Gasteiger partial charge in [0.2, 0.25) is 0 Å². The summed E-state index contributed by atoms with van der Waals surface area (Å²) in [5, 5.41) is 0. The van der Waals surface area contributed by atoms with Gasteiger partial charge in [-0.15, -0.1) is 4.20 Å². The molecule has 1 radical (unpaired) electrons. The Morgan fingerprint density at radius 3 is 1.50 bits per heavy atom. The zero-order valence-corrected chi connectivity index (χ0v) is 4.81. The fourth-order valence-corrected chi connectivity index (χ4v) is 0. The van der Waals surface area contributed by atoms with Gasteiger partial charge < -0.3 is 0 Å². The standard InChI is InChI=1S/Ag.FH2O3P/c;1-5(2,3)4/h;(H2,2,3,4). The predicted octanol–water partition coefficient (Wildman–Crippen LogP) is 0.0461. The van der Waals surface area contributed by atoms with E-state index in [-0.39, 0.29) is 22.4 Å². The molecular weight excluding hydrogens is 206 g/mol. The Morgan fingerprint density at radius 2 is 1.50 bits per heavy atom. The molecule has 0 atom stereocenters. The summed E-state index contributed by atoms with van der Waals surface area (Å²) in [6, 6.07) is 0. The molecule has 0 saturated heterocycles. The zero-order valence-electron chi connectivity index (χ0n) is 2.43. The van der Waals surface area contributed by atoms with Gasteiger partial charge in [0.25, 0.3) is 0 Å². The van der Waals surface area contributed by atoms with Crippen molar-refractivity contribution in [1.29, 1.82) is 0 Å². The van der Waals surface area contributed by atoms with E-state index in [0.717, 1.165) is 0 Å². The van der Waals surface area contributed by atoms with Crippen LogP contribution in [0.25, 0.3) is 0 Å². The quantitative estimate of drug-likeness (QED) is 0.436. The fraction of sp³-hybridized carbons (Fsp3) is 0. The second kappa shape index (κ2) is 2.91. The first kappa shape index (κ1) is 9.94. The smallest absolute Gasteiger partial charge is 0.299 e. The first-order valence-electron chi connectivity index (χ1n) is 0.752. The van der Waals surface area contributed by atoms with Crippen LogP contribution in [0.2, 0.25) is 0 Å². The Hall–Kier alpha value is 0.820. The van der Waals surface area contributed by atoms with Gasteiger partial charge in [0.05, 0.1) is 0 Å². The van der Waals surface area contributed by atoms with Crippen molar-refractivity contribution in [3.8, 4) is 0 Å². The van der Waals surface area contributed by atoms with Crippen molar-refractivity contribution in [2.75, 3.05) is 0 Å². The van der Waals surface area contributed by atoms with Crippen LogP contribution in [0, 0.1) is 0 Å². The predicted molar refractivity (Wildman–Crippen MR) is 13.2 cm³/mol. The van der Waals surface area contributed by atoms with E-state index in [2.05, 4.69) is 0 Å². The van der Waals surface area contributed by atoms with Crippen molar-refractivity contribution in [2.24, 2.45) is 0 Å². The number of hydrogen-bond donors (Lipinski definition) is 2. The topological polar surface area (TPSA) is 57.5 Å². The Balaban J connectivity index is 0. The van der Waals surface area contributed by atoms with E-state index >= 15 is 0 Å². The molecule has 0 saturated carbocycles. The van der Waals surface area contributed by atoms with Crippen molar-refractivity contribution in [2.45, 2.75) is 0 Å². The summed E-state index contributed by atoms with van der Waals surface area (Å²) in [4.78, 5) is 13.9. The summed E-state index contributed by atoms with van der Waals surface area (Å²) in [5.74, 6) is 0. The molecule has 0 aliphatic carbocycles. The fourth-order valence-electron chi connectivity index (χ4n) is 0. The molecule has 6 heteroatoms. The molecule has 0 bridgehead atoms. The minimum atomic E-state index is -5.14. The molecule has 0 aromatic carbocycles. The molecule has 0 spiro atoms. The van der Waals surface area contributed by atoms with Crippen LogP contribution < -0.4 is 0 Å². The number of rotatable bonds is 0. The average Bonchev–Trinajstić information content (AvgIpc) is 0.722. The SMILES string of the molecule is O=P(O)(O)F.[Ag]. The molecule has 0 aliphatic heterocycles. The normalized spacial score (nSPS) is 9.83. The van der Waals surface area contributed by atoms with E-state index < -0.39 is 7.91 Å². The van der Waals surface area contributed by atoms with E-state index in [9.17, 15) is 4.20 Å². The van der Waals surface area contributed by atoms with Gasteiger partial charge in [0, 0.05) is 22.4 Å². The van der Waals surface area contributed by atoms with Crippen molar-refractivity contribution in [3.05, 3.63) is 0 Å². The van der Waals surface area contributed by atoms with Crippen LogP contribution >= 0.6 is 7.91 Å². The maximum Gasteiger partial charge on any atom is 0.507 e. The summed E-state index contributed by atoms with van der Waals surface area (Å²) in [6.45, 7) is 0. The maximum atomic E-state index is 10.4. The van der Waals surface area contributed by atoms with E-state index in [4.69, 9.17) is 14.4 Å². The average molecular weight is 208 g/mol. The third kappa shape index (κ3) is 105. The Kier molecular flexibility index (Phi) is 4.82. The van der Waals surface area contributed by atoms with Crippen LogP contribution in [0.4, 0.5) is 4.20 Å². The van der Waals surface area contributed by atoms with E-state index in [1.165, 1.54) is 0 Å². The molecule has 0 aromatic heterocycles. The van der Waals surface area contributed by atoms with Crippen molar-refractivity contribution in [3.63, 3.8) is 0 Å². The third-order valence-corrected chi connectivity index (χ3v) is 0. The second-order valence-electron chi connectivity index (χ2n) is 0.473. The monoisotopic (exact) mass is 207 g/mol.